The molecule has 0 aliphatic heterocycles. The van der Waals surface area contributed by atoms with E-state index in [2.05, 4.69) is 9.72 Å². The van der Waals surface area contributed by atoms with Gasteiger partial charge in [-0.05, 0) is 0 Å². The van der Waals surface area contributed by atoms with Crippen LogP contribution in [0, 0.1) is 0 Å². The van der Waals surface area contributed by atoms with Gasteiger partial charge < -0.3 is 4.74 Å². The van der Waals surface area contributed by atoms with E-state index in [1.165, 1.54) is 7.11 Å². The lowest BCUT2D eigenvalue weighted by atomic mass is 10.3. The molecule has 0 atom stereocenters. The molecule has 0 bridgehead atoms. The first-order valence-corrected chi connectivity index (χ1v) is 4.65. The monoisotopic (exact) mass is 196 g/mol. The number of nitrogens with zero attached hydrogens (tertiary/aromatic N) is 2. The molecule has 0 aliphatic rings. The molecule has 0 spiro atoms. The first kappa shape index (κ1) is 8.25. The second-order valence-corrected chi connectivity index (χ2v) is 3.45. The normalized spacial score (nSPS) is 10.5. The second kappa shape index (κ2) is 3.18. The van der Waals surface area contributed by atoms with Crippen LogP contribution in [-0.4, -0.2) is 22.5 Å². The summed E-state index contributed by atoms with van der Waals surface area (Å²) in [6.07, 6.45) is 3.99. The fourth-order valence-electron chi connectivity index (χ4n) is 1.08. The number of rotatable bonds is 2. The highest BCUT2D eigenvalue weighted by Crippen LogP contribution is 2.11. The summed E-state index contributed by atoms with van der Waals surface area (Å²) in [5, 5.41) is 1.95. The van der Waals surface area contributed by atoms with Crippen LogP contribution in [0.5, 0.6) is 0 Å². The van der Waals surface area contributed by atoms with E-state index in [1.54, 1.807) is 11.3 Å². The lowest BCUT2D eigenvalue weighted by Crippen LogP contribution is -2.04. The maximum atomic E-state index is 10.9. The van der Waals surface area contributed by atoms with E-state index in [0.29, 0.717) is 0 Å². The maximum Gasteiger partial charge on any atom is 0.311 e. The van der Waals surface area contributed by atoms with Gasteiger partial charge in [0.15, 0.2) is 4.96 Å². The Bertz CT molecular complexity index is 403. The van der Waals surface area contributed by atoms with Gasteiger partial charge in [0.05, 0.1) is 19.2 Å². The van der Waals surface area contributed by atoms with Crippen molar-refractivity contribution in [2.75, 3.05) is 7.11 Å². The number of thiazole rings is 1. The fraction of sp³-hybridized carbons (Fsp3) is 0.250. The zero-order chi connectivity index (χ0) is 9.26. The summed E-state index contributed by atoms with van der Waals surface area (Å²) in [5.41, 5.74) is 0.749. The van der Waals surface area contributed by atoms with Crippen LogP contribution in [0.2, 0.25) is 0 Å². The van der Waals surface area contributed by atoms with E-state index in [-0.39, 0.29) is 12.4 Å². The molecule has 0 fully saturated rings. The average molecular weight is 196 g/mol. The zero-order valence-electron chi connectivity index (χ0n) is 7.06. The number of esters is 1. The highest BCUT2D eigenvalue weighted by molar-refractivity contribution is 7.15. The predicted octanol–water partition coefficient (Wildman–Crippen LogP) is 1.11. The van der Waals surface area contributed by atoms with Gasteiger partial charge >= 0.3 is 5.97 Å². The molecule has 0 aliphatic carbocycles. The summed E-state index contributed by atoms with van der Waals surface area (Å²) in [4.78, 5) is 16.1. The molecule has 0 saturated heterocycles. The van der Waals surface area contributed by atoms with E-state index in [0.717, 1.165) is 10.7 Å². The first-order valence-electron chi connectivity index (χ1n) is 3.77. The molecule has 0 N–H and O–H groups in total. The number of carbonyl (C=O) groups excluding carboxylic acids is 1. The number of aromatic nitrogens is 2. The van der Waals surface area contributed by atoms with Crippen molar-refractivity contribution >= 4 is 22.3 Å². The number of imidazole rings is 1. The fourth-order valence-corrected chi connectivity index (χ4v) is 1.80. The van der Waals surface area contributed by atoms with Gasteiger partial charge in [-0.15, -0.1) is 11.3 Å². The minimum absolute atomic E-state index is 0.241. The highest BCUT2D eigenvalue weighted by Gasteiger charge is 2.07. The zero-order valence-corrected chi connectivity index (χ0v) is 7.87. The van der Waals surface area contributed by atoms with Crippen LogP contribution in [0.15, 0.2) is 17.8 Å². The Hall–Kier alpha value is -1.36. The van der Waals surface area contributed by atoms with Crippen molar-refractivity contribution in [3.05, 3.63) is 23.5 Å². The van der Waals surface area contributed by atoms with Crippen molar-refractivity contribution in [1.82, 2.24) is 9.38 Å². The number of fused-ring (bicyclic) bond motifs is 1. The minimum Gasteiger partial charge on any atom is -0.469 e. The molecule has 2 aromatic rings. The summed E-state index contributed by atoms with van der Waals surface area (Å²) >= 11 is 1.54. The minimum atomic E-state index is -0.259. The number of methoxy groups -OCH3 is 1. The van der Waals surface area contributed by atoms with Crippen molar-refractivity contribution in [2.24, 2.45) is 0 Å². The van der Waals surface area contributed by atoms with E-state index < -0.39 is 0 Å². The number of hydrogen-bond donors (Lipinski definition) is 0. The second-order valence-electron chi connectivity index (χ2n) is 2.58. The van der Waals surface area contributed by atoms with Crippen LogP contribution < -0.4 is 0 Å². The molecule has 68 valence electrons. The summed E-state index contributed by atoms with van der Waals surface area (Å²) < 4.78 is 6.43. The summed E-state index contributed by atoms with van der Waals surface area (Å²) in [7, 11) is 1.38. The van der Waals surface area contributed by atoms with Crippen molar-refractivity contribution in [1.29, 1.82) is 0 Å². The van der Waals surface area contributed by atoms with Crippen molar-refractivity contribution < 1.29 is 9.53 Å². The Kier molecular flexibility index (Phi) is 2.02. The van der Waals surface area contributed by atoms with Crippen molar-refractivity contribution in [3.63, 3.8) is 0 Å². The summed E-state index contributed by atoms with van der Waals surface area (Å²) in [6, 6.07) is 0. The Morgan fingerprint density at radius 3 is 3.31 bits per heavy atom. The number of carbonyl (C=O) groups is 1. The van der Waals surface area contributed by atoms with Crippen molar-refractivity contribution in [2.45, 2.75) is 6.42 Å². The molecule has 0 radical (unpaired) electrons. The lowest BCUT2D eigenvalue weighted by Gasteiger charge is -1.92. The van der Waals surface area contributed by atoms with Gasteiger partial charge in [0.25, 0.3) is 0 Å². The molecular formula is C8H8N2O2S. The number of ether oxygens (including phenoxy) is 1. The molecule has 2 aromatic heterocycles. The smallest absolute Gasteiger partial charge is 0.311 e. The van der Waals surface area contributed by atoms with Crippen LogP contribution in [-0.2, 0) is 16.0 Å². The van der Waals surface area contributed by atoms with Crippen LogP contribution in [0.1, 0.15) is 5.69 Å². The molecule has 13 heavy (non-hydrogen) atoms. The largest absolute Gasteiger partial charge is 0.469 e. The summed E-state index contributed by atoms with van der Waals surface area (Å²) in [5.74, 6) is -0.259. The van der Waals surface area contributed by atoms with Gasteiger partial charge in [-0.2, -0.15) is 0 Å². The quantitative estimate of drug-likeness (QED) is 0.676. The molecule has 2 heterocycles. The van der Waals surface area contributed by atoms with E-state index >= 15 is 0 Å². The van der Waals surface area contributed by atoms with Crippen LogP contribution in [0.4, 0.5) is 0 Å². The van der Waals surface area contributed by atoms with E-state index in [9.17, 15) is 4.79 Å². The molecule has 4 nitrogen and oxygen atoms in total. The Morgan fingerprint density at radius 2 is 2.62 bits per heavy atom. The third-order valence-corrected chi connectivity index (χ3v) is 2.47. The topological polar surface area (TPSA) is 43.6 Å². The Labute approximate surface area is 78.8 Å². The van der Waals surface area contributed by atoms with E-state index in [1.807, 2.05) is 22.2 Å². The van der Waals surface area contributed by atoms with Crippen LogP contribution >= 0.6 is 11.3 Å². The Balaban J connectivity index is 2.25. The van der Waals surface area contributed by atoms with Gasteiger partial charge in [-0.25, -0.2) is 4.98 Å². The van der Waals surface area contributed by atoms with Crippen molar-refractivity contribution in [3.8, 4) is 0 Å². The third-order valence-electron chi connectivity index (χ3n) is 1.70. The standard InChI is InChI=1S/C8H8N2O2S/c1-12-7(11)4-6-5-10-2-3-13-8(10)9-6/h2-3,5H,4H2,1H3. The van der Waals surface area contributed by atoms with Gasteiger partial charge in [-0.1, -0.05) is 0 Å². The predicted molar refractivity (Wildman–Crippen MR) is 48.8 cm³/mol. The third kappa shape index (κ3) is 1.55. The average Bonchev–Trinajstić information content (AvgIpc) is 2.63. The SMILES string of the molecule is COC(=O)Cc1cn2ccsc2n1. The van der Waals surface area contributed by atoms with Crippen LogP contribution in [0.3, 0.4) is 0 Å². The highest BCUT2D eigenvalue weighted by atomic mass is 32.1. The summed E-state index contributed by atoms with van der Waals surface area (Å²) in [6.45, 7) is 0. The number of hydrogen-bond acceptors (Lipinski definition) is 4. The van der Waals surface area contributed by atoms with Gasteiger partial charge in [0.2, 0.25) is 0 Å². The molecular weight excluding hydrogens is 188 g/mol. The first-order chi connectivity index (χ1) is 6.29. The Morgan fingerprint density at radius 1 is 1.77 bits per heavy atom. The molecule has 5 heteroatoms. The van der Waals surface area contributed by atoms with E-state index in [4.69, 9.17) is 0 Å². The van der Waals surface area contributed by atoms with Crippen LogP contribution in [0.25, 0.3) is 4.96 Å². The molecule has 0 amide bonds. The van der Waals surface area contributed by atoms with Gasteiger partial charge in [-0.3, -0.25) is 9.20 Å². The molecule has 0 saturated carbocycles. The molecule has 0 aromatic carbocycles. The van der Waals surface area contributed by atoms with Gasteiger partial charge in [0.1, 0.15) is 0 Å². The van der Waals surface area contributed by atoms with Gasteiger partial charge in [0, 0.05) is 17.8 Å². The molecule has 0 unspecified atom stereocenters. The molecule has 2 rings (SSSR count). The lowest BCUT2D eigenvalue weighted by molar-refractivity contribution is -0.139. The maximum absolute atomic E-state index is 10.9.